The van der Waals surface area contributed by atoms with Crippen LogP contribution in [0.15, 0.2) is 12.1 Å². The standard InChI is InChI=1S/C9H11ClN2O3S/c1-3-6-4-5-7(10)11-8(6)9(13)12-16(2,14)15/h4-5H,3H2,1-2H3,(H,12,13). The van der Waals surface area contributed by atoms with Crippen LogP contribution in [0.2, 0.25) is 5.15 Å². The van der Waals surface area contributed by atoms with E-state index in [2.05, 4.69) is 4.98 Å². The summed E-state index contributed by atoms with van der Waals surface area (Å²) >= 11 is 5.65. The Labute approximate surface area is 98.9 Å². The predicted octanol–water partition coefficient (Wildman–Crippen LogP) is 0.987. The van der Waals surface area contributed by atoms with Crippen molar-refractivity contribution in [3.05, 3.63) is 28.5 Å². The highest BCUT2D eigenvalue weighted by molar-refractivity contribution is 7.89. The van der Waals surface area contributed by atoms with Crippen molar-refractivity contribution in [2.24, 2.45) is 0 Å². The van der Waals surface area contributed by atoms with Gasteiger partial charge in [0.25, 0.3) is 5.91 Å². The molecular formula is C9H11ClN2O3S. The van der Waals surface area contributed by atoms with Crippen molar-refractivity contribution in [2.45, 2.75) is 13.3 Å². The van der Waals surface area contributed by atoms with Crippen molar-refractivity contribution in [1.82, 2.24) is 9.71 Å². The molecule has 0 radical (unpaired) electrons. The Morgan fingerprint density at radius 1 is 1.50 bits per heavy atom. The Morgan fingerprint density at radius 2 is 2.12 bits per heavy atom. The van der Waals surface area contributed by atoms with Gasteiger partial charge in [-0.3, -0.25) is 4.79 Å². The number of nitrogens with zero attached hydrogens (tertiary/aromatic N) is 1. The van der Waals surface area contributed by atoms with E-state index in [1.54, 1.807) is 12.1 Å². The summed E-state index contributed by atoms with van der Waals surface area (Å²) in [5.41, 5.74) is 0.686. The number of amides is 1. The number of aryl methyl sites for hydroxylation is 1. The molecule has 0 aliphatic rings. The molecule has 0 aromatic carbocycles. The van der Waals surface area contributed by atoms with Crippen molar-refractivity contribution in [3.8, 4) is 0 Å². The monoisotopic (exact) mass is 262 g/mol. The van der Waals surface area contributed by atoms with Gasteiger partial charge in [-0.2, -0.15) is 0 Å². The summed E-state index contributed by atoms with van der Waals surface area (Å²) in [6, 6.07) is 3.20. The summed E-state index contributed by atoms with van der Waals surface area (Å²) in [5, 5.41) is 0.149. The van der Waals surface area contributed by atoms with Crippen LogP contribution >= 0.6 is 11.6 Å². The molecule has 0 fully saturated rings. The number of sulfonamides is 1. The van der Waals surface area contributed by atoms with Crippen LogP contribution in [0.25, 0.3) is 0 Å². The summed E-state index contributed by atoms with van der Waals surface area (Å²) in [6.45, 7) is 1.84. The number of hydrogen-bond acceptors (Lipinski definition) is 4. The van der Waals surface area contributed by atoms with E-state index in [1.807, 2.05) is 11.6 Å². The van der Waals surface area contributed by atoms with Gasteiger partial charge < -0.3 is 0 Å². The fraction of sp³-hybridized carbons (Fsp3) is 0.333. The van der Waals surface area contributed by atoms with Crippen LogP contribution < -0.4 is 4.72 Å². The van der Waals surface area contributed by atoms with Crippen LogP contribution in [0.5, 0.6) is 0 Å². The highest BCUT2D eigenvalue weighted by Gasteiger charge is 2.16. The van der Waals surface area contributed by atoms with Crippen LogP contribution in [-0.4, -0.2) is 25.6 Å². The van der Waals surface area contributed by atoms with Gasteiger partial charge in [0.1, 0.15) is 10.8 Å². The second kappa shape index (κ2) is 4.80. The minimum atomic E-state index is -3.59. The summed E-state index contributed by atoms with van der Waals surface area (Å²) < 4.78 is 23.7. The molecule has 0 bridgehead atoms. The van der Waals surface area contributed by atoms with E-state index in [0.29, 0.717) is 12.0 Å². The number of aromatic nitrogens is 1. The molecule has 1 heterocycles. The Kier molecular flexibility index (Phi) is 3.88. The number of carbonyl (C=O) groups excluding carboxylic acids is 1. The molecule has 1 N–H and O–H groups in total. The van der Waals surface area contributed by atoms with Crippen LogP contribution in [0.4, 0.5) is 0 Å². The zero-order valence-corrected chi connectivity index (χ0v) is 10.4. The van der Waals surface area contributed by atoms with E-state index in [4.69, 9.17) is 11.6 Å². The van der Waals surface area contributed by atoms with Gasteiger partial charge in [0.15, 0.2) is 0 Å². The maximum atomic E-state index is 11.6. The molecule has 0 unspecified atom stereocenters. The summed E-state index contributed by atoms with van der Waals surface area (Å²) in [7, 11) is -3.59. The summed E-state index contributed by atoms with van der Waals surface area (Å²) in [5.74, 6) is -0.762. The number of nitrogens with one attached hydrogen (secondary N) is 1. The van der Waals surface area contributed by atoms with Crippen LogP contribution in [-0.2, 0) is 16.4 Å². The summed E-state index contributed by atoms with van der Waals surface area (Å²) in [4.78, 5) is 15.4. The lowest BCUT2D eigenvalue weighted by Crippen LogP contribution is -2.30. The fourth-order valence-corrected chi connectivity index (χ4v) is 1.74. The zero-order chi connectivity index (χ0) is 12.3. The van der Waals surface area contributed by atoms with E-state index >= 15 is 0 Å². The van der Waals surface area contributed by atoms with E-state index in [0.717, 1.165) is 6.26 Å². The minimum Gasteiger partial charge on any atom is -0.266 e. The van der Waals surface area contributed by atoms with Gasteiger partial charge in [0.2, 0.25) is 10.0 Å². The molecule has 0 aliphatic carbocycles. The van der Waals surface area contributed by atoms with Crippen LogP contribution in [0.3, 0.4) is 0 Å². The van der Waals surface area contributed by atoms with E-state index in [9.17, 15) is 13.2 Å². The number of halogens is 1. The molecule has 7 heteroatoms. The van der Waals surface area contributed by atoms with Gasteiger partial charge in [-0.05, 0) is 18.1 Å². The molecule has 1 rings (SSSR count). The second-order valence-electron chi connectivity index (χ2n) is 3.20. The molecule has 0 spiro atoms. The highest BCUT2D eigenvalue weighted by Crippen LogP contribution is 2.12. The molecule has 0 aliphatic heterocycles. The average molecular weight is 263 g/mol. The van der Waals surface area contributed by atoms with Crippen molar-refractivity contribution >= 4 is 27.5 Å². The Balaban J connectivity index is 3.12. The van der Waals surface area contributed by atoms with Crippen LogP contribution in [0, 0.1) is 0 Å². The van der Waals surface area contributed by atoms with Crippen molar-refractivity contribution in [3.63, 3.8) is 0 Å². The third kappa shape index (κ3) is 3.46. The molecule has 1 aromatic heterocycles. The van der Waals surface area contributed by atoms with E-state index < -0.39 is 15.9 Å². The minimum absolute atomic E-state index is 0.0421. The molecule has 0 saturated heterocycles. The first-order chi connectivity index (χ1) is 7.33. The highest BCUT2D eigenvalue weighted by atomic mass is 35.5. The fourth-order valence-electron chi connectivity index (χ4n) is 1.16. The number of pyridine rings is 1. The summed E-state index contributed by atoms with van der Waals surface area (Å²) in [6.07, 6.45) is 1.47. The smallest absolute Gasteiger partial charge is 0.266 e. The topological polar surface area (TPSA) is 76.1 Å². The first kappa shape index (κ1) is 12.9. The lowest BCUT2D eigenvalue weighted by molar-refractivity contribution is 0.0976. The quantitative estimate of drug-likeness (QED) is 0.824. The van der Waals surface area contributed by atoms with Gasteiger partial charge >= 0.3 is 0 Å². The Hall–Kier alpha value is -1.14. The van der Waals surface area contributed by atoms with Crippen LogP contribution in [0.1, 0.15) is 23.0 Å². The third-order valence-electron chi connectivity index (χ3n) is 1.82. The van der Waals surface area contributed by atoms with Gasteiger partial charge in [0.05, 0.1) is 6.26 Å². The van der Waals surface area contributed by atoms with Crippen molar-refractivity contribution in [2.75, 3.05) is 6.26 Å². The Morgan fingerprint density at radius 3 is 2.62 bits per heavy atom. The van der Waals surface area contributed by atoms with E-state index in [-0.39, 0.29) is 10.8 Å². The van der Waals surface area contributed by atoms with Gasteiger partial charge in [-0.1, -0.05) is 24.6 Å². The van der Waals surface area contributed by atoms with E-state index in [1.165, 1.54) is 0 Å². The molecular weight excluding hydrogens is 252 g/mol. The molecule has 0 saturated carbocycles. The average Bonchev–Trinajstić information content (AvgIpc) is 2.15. The third-order valence-corrected chi connectivity index (χ3v) is 2.59. The van der Waals surface area contributed by atoms with Gasteiger partial charge in [-0.25, -0.2) is 18.1 Å². The maximum Gasteiger partial charge on any atom is 0.283 e. The number of rotatable bonds is 3. The van der Waals surface area contributed by atoms with Crippen molar-refractivity contribution < 1.29 is 13.2 Å². The number of carbonyl (C=O) groups is 1. The predicted molar refractivity (Wildman–Crippen MR) is 60.9 cm³/mol. The molecule has 88 valence electrons. The number of hydrogen-bond donors (Lipinski definition) is 1. The molecule has 1 amide bonds. The molecule has 5 nitrogen and oxygen atoms in total. The van der Waals surface area contributed by atoms with Gasteiger partial charge in [-0.15, -0.1) is 0 Å². The second-order valence-corrected chi connectivity index (χ2v) is 5.33. The first-order valence-corrected chi connectivity index (χ1v) is 6.78. The molecule has 1 aromatic rings. The SMILES string of the molecule is CCc1ccc(Cl)nc1C(=O)NS(C)(=O)=O. The largest absolute Gasteiger partial charge is 0.283 e. The van der Waals surface area contributed by atoms with Crippen molar-refractivity contribution in [1.29, 1.82) is 0 Å². The zero-order valence-electron chi connectivity index (χ0n) is 8.82. The normalized spacial score (nSPS) is 11.2. The lowest BCUT2D eigenvalue weighted by atomic mass is 10.1. The maximum absolute atomic E-state index is 11.6. The molecule has 0 atom stereocenters. The Bertz CT molecular complexity index is 513. The van der Waals surface area contributed by atoms with Gasteiger partial charge in [0, 0.05) is 0 Å². The molecule has 16 heavy (non-hydrogen) atoms. The lowest BCUT2D eigenvalue weighted by Gasteiger charge is -2.06. The first-order valence-electron chi connectivity index (χ1n) is 4.51.